The lowest BCUT2D eigenvalue weighted by Gasteiger charge is -2.24. The number of fused-ring (bicyclic) bond motifs is 1. The van der Waals surface area contributed by atoms with Gasteiger partial charge in [0.05, 0.1) is 16.1 Å². The number of rotatable bonds is 3. The summed E-state index contributed by atoms with van der Waals surface area (Å²) in [6.07, 6.45) is 1.00. The molecule has 0 spiro atoms. The van der Waals surface area contributed by atoms with Crippen LogP contribution >= 0.6 is 11.6 Å². The third-order valence-corrected chi connectivity index (χ3v) is 3.65. The smallest absolute Gasteiger partial charge is 0.201 e. The van der Waals surface area contributed by atoms with Gasteiger partial charge in [-0.1, -0.05) is 32.4 Å². The minimum Gasteiger partial charge on any atom is -0.369 e. The first kappa shape index (κ1) is 13.1. The number of nitrogens with zero attached hydrogens (tertiary/aromatic N) is 2. The average molecular weight is 270 g/mol. The minimum atomic E-state index is -0.445. The SMILES string of the molecule is CCC(C)(C)Cn1c(N)nc2cc(Cl)c(F)cc21. The molecule has 0 unspecified atom stereocenters. The first-order valence-corrected chi connectivity index (χ1v) is 6.32. The van der Waals surface area contributed by atoms with E-state index in [9.17, 15) is 4.39 Å². The topological polar surface area (TPSA) is 43.8 Å². The molecule has 0 saturated heterocycles. The molecule has 0 aliphatic heterocycles. The van der Waals surface area contributed by atoms with Gasteiger partial charge in [0.2, 0.25) is 5.95 Å². The molecule has 1 aromatic heterocycles. The van der Waals surface area contributed by atoms with Gasteiger partial charge >= 0.3 is 0 Å². The summed E-state index contributed by atoms with van der Waals surface area (Å²) in [5, 5.41) is 0.0712. The molecular weight excluding hydrogens is 253 g/mol. The van der Waals surface area contributed by atoms with Gasteiger partial charge in [-0.25, -0.2) is 9.37 Å². The van der Waals surface area contributed by atoms with E-state index < -0.39 is 5.82 Å². The Hall–Kier alpha value is -1.29. The molecule has 18 heavy (non-hydrogen) atoms. The summed E-state index contributed by atoms with van der Waals surface area (Å²) in [7, 11) is 0. The van der Waals surface area contributed by atoms with Crippen LogP contribution in [0.4, 0.5) is 10.3 Å². The molecule has 0 aliphatic rings. The molecule has 2 aromatic rings. The van der Waals surface area contributed by atoms with Gasteiger partial charge < -0.3 is 10.3 Å². The number of nitrogens with two attached hydrogens (primary N) is 1. The number of hydrogen-bond donors (Lipinski definition) is 1. The van der Waals surface area contributed by atoms with E-state index in [4.69, 9.17) is 17.3 Å². The zero-order valence-corrected chi connectivity index (χ0v) is 11.6. The van der Waals surface area contributed by atoms with Crippen LogP contribution in [0.25, 0.3) is 11.0 Å². The molecule has 0 atom stereocenters. The van der Waals surface area contributed by atoms with Crippen LogP contribution in [0.15, 0.2) is 12.1 Å². The van der Waals surface area contributed by atoms with Crippen molar-refractivity contribution in [3.8, 4) is 0 Å². The van der Waals surface area contributed by atoms with Crippen molar-refractivity contribution < 1.29 is 4.39 Å². The van der Waals surface area contributed by atoms with E-state index in [1.54, 1.807) is 0 Å². The Labute approximate surface area is 111 Å². The number of benzene rings is 1. The maximum atomic E-state index is 13.5. The summed E-state index contributed by atoms with van der Waals surface area (Å²) in [5.74, 6) is -0.0483. The molecule has 1 aromatic carbocycles. The van der Waals surface area contributed by atoms with Crippen molar-refractivity contribution in [1.82, 2.24) is 9.55 Å². The molecule has 3 nitrogen and oxygen atoms in total. The van der Waals surface area contributed by atoms with E-state index in [2.05, 4.69) is 25.8 Å². The van der Waals surface area contributed by atoms with Gasteiger partial charge in [0, 0.05) is 12.6 Å². The third-order valence-electron chi connectivity index (χ3n) is 3.36. The highest BCUT2D eigenvalue weighted by Gasteiger charge is 2.20. The molecular formula is C13H17ClFN3. The van der Waals surface area contributed by atoms with E-state index in [0.29, 0.717) is 23.5 Å². The molecule has 0 saturated carbocycles. The summed E-state index contributed by atoms with van der Waals surface area (Å²) in [5.41, 5.74) is 7.30. The largest absolute Gasteiger partial charge is 0.369 e. The molecule has 98 valence electrons. The van der Waals surface area contributed by atoms with Gasteiger partial charge in [0.25, 0.3) is 0 Å². The van der Waals surface area contributed by atoms with Crippen LogP contribution < -0.4 is 5.73 Å². The molecule has 2 rings (SSSR count). The zero-order chi connectivity index (χ0) is 13.5. The lowest BCUT2D eigenvalue weighted by molar-refractivity contribution is 0.300. The Balaban J connectivity index is 2.57. The van der Waals surface area contributed by atoms with Crippen LogP contribution in [-0.4, -0.2) is 9.55 Å². The summed E-state index contributed by atoms with van der Waals surface area (Å²) >= 11 is 5.74. The molecule has 0 amide bonds. The van der Waals surface area contributed by atoms with Gasteiger partial charge in [0.1, 0.15) is 5.82 Å². The van der Waals surface area contributed by atoms with Crippen LogP contribution in [0, 0.1) is 11.2 Å². The summed E-state index contributed by atoms with van der Waals surface area (Å²) in [6.45, 7) is 7.11. The Kier molecular flexibility index (Phi) is 3.23. The first-order chi connectivity index (χ1) is 8.34. The van der Waals surface area contributed by atoms with E-state index in [0.717, 1.165) is 6.42 Å². The fourth-order valence-corrected chi connectivity index (χ4v) is 2.00. The Bertz CT molecular complexity index is 589. The molecule has 0 aliphatic carbocycles. The maximum Gasteiger partial charge on any atom is 0.201 e. The van der Waals surface area contributed by atoms with Crippen molar-refractivity contribution in [2.45, 2.75) is 33.7 Å². The quantitative estimate of drug-likeness (QED) is 0.920. The van der Waals surface area contributed by atoms with Gasteiger partial charge in [0.15, 0.2) is 0 Å². The number of nitrogen functional groups attached to an aromatic ring is 1. The molecule has 0 radical (unpaired) electrons. The van der Waals surface area contributed by atoms with Gasteiger partial charge in [-0.3, -0.25) is 0 Å². The van der Waals surface area contributed by atoms with Crippen molar-refractivity contribution in [2.24, 2.45) is 5.41 Å². The van der Waals surface area contributed by atoms with E-state index in [1.165, 1.54) is 12.1 Å². The zero-order valence-electron chi connectivity index (χ0n) is 10.8. The Morgan fingerprint density at radius 2 is 2.11 bits per heavy atom. The van der Waals surface area contributed by atoms with E-state index >= 15 is 0 Å². The lowest BCUT2D eigenvalue weighted by atomic mass is 9.90. The highest BCUT2D eigenvalue weighted by atomic mass is 35.5. The molecule has 2 N–H and O–H groups in total. The number of hydrogen-bond acceptors (Lipinski definition) is 2. The van der Waals surface area contributed by atoms with E-state index in [-0.39, 0.29) is 10.4 Å². The van der Waals surface area contributed by atoms with Gasteiger partial charge in [-0.05, 0) is 17.9 Å². The standard InChI is InChI=1S/C13H17ClFN3/c1-4-13(2,3)7-18-11-6-9(15)8(14)5-10(11)17-12(18)16/h5-6H,4,7H2,1-3H3,(H2,16,17). The molecule has 0 fully saturated rings. The third kappa shape index (κ3) is 2.29. The van der Waals surface area contributed by atoms with Crippen LogP contribution in [0.3, 0.4) is 0 Å². The highest BCUT2D eigenvalue weighted by molar-refractivity contribution is 6.31. The normalized spacial score (nSPS) is 12.3. The van der Waals surface area contributed by atoms with Gasteiger partial charge in [-0.15, -0.1) is 0 Å². The average Bonchev–Trinajstić information content (AvgIpc) is 2.57. The predicted octanol–water partition coefficient (Wildman–Crippen LogP) is 3.85. The number of imidazole rings is 1. The molecule has 1 heterocycles. The summed E-state index contributed by atoms with van der Waals surface area (Å²) in [6, 6.07) is 2.91. The second kappa shape index (κ2) is 4.43. The Morgan fingerprint density at radius 3 is 2.72 bits per heavy atom. The summed E-state index contributed by atoms with van der Waals surface area (Å²) in [4.78, 5) is 4.22. The highest BCUT2D eigenvalue weighted by Crippen LogP contribution is 2.29. The van der Waals surface area contributed by atoms with Crippen molar-refractivity contribution >= 4 is 28.6 Å². The van der Waals surface area contributed by atoms with Crippen LogP contribution in [0.2, 0.25) is 5.02 Å². The maximum absolute atomic E-state index is 13.5. The van der Waals surface area contributed by atoms with Gasteiger partial charge in [-0.2, -0.15) is 0 Å². The van der Waals surface area contributed by atoms with Crippen molar-refractivity contribution in [1.29, 1.82) is 0 Å². The van der Waals surface area contributed by atoms with Crippen molar-refractivity contribution in [3.05, 3.63) is 23.0 Å². The fourth-order valence-electron chi connectivity index (χ4n) is 1.84. The second-order valence-corrected chi connectivity index (χ2v) is 5.74. The number of anilines is 1. The fraction of sp³-hybridized carbons (Fsp3) is 0.462. The lowest BCUT2D eigenvalue weighted by Crippen LogP contribution is -2.19. The van der Waals surface area contributed by atoms with Crippen molar-refractivity contribution in [2.75, 3.05) is 5.73 Å². The Morgan fingerprint density at radius 1 is 1.44 bits per heavy atom. The van der Waals surface area contributed by atoms with Crippen LogP contribution in [-0.2, 0) is 6.54 Å². The number of aromatic nitrogens is 2. The first-order valence-electron chi connectivity index (χ1n) is 5.95. The second-order valence-electron chi connectivity index (χ2n) is 5.33. The predicted molar refractivity (Wildman–Crippen MR) is 73.2 cm³/mol. The van der Waals surface area contributed by atoms with E-state index in [1.807, 2.05) is 4.57 Å². The minimum absolute atomic E-state index is 0.0712. The van der Waals surface area contributed by atoms with Crippen LogP contribution in [0.5, 0.6) is 0 Å². The molecule has 0 bridgehead atoms. The van der Waals surface area contributed by atoms with Crippen LogP contribution in [0.1, 0.15) is 27.2 Å². The molecule has 5 heteroatoms. The monoisotopic (exact) mass is 269 g/mol. The number of halogens is 2. The summed E-state index contributed by atoms with van der Waals surface area (Å²) < 4.78 is 15.4. The van der Waals surface area contributed by atoms with Crippen molar-refractivity contribution in [3.63, 3.8) is 0 Å².